The van der Waals surface area contributed by atoms with E-state index in [9.17, 15) is 14.0 Å². The Bertz CT molecular complexity index is 923. The average Bonchev–Trinajstić information content (AvgIpc) is 2.71. The molecule has 0 radical (unpaired) electrons. The van der Waals surface area contributed by atoms with Gasteiger partial charge in [0.05, 0.1) is 11.0 Å². The van der Waals surface area contributed by atoms with Gasteiger partial charge in [-0.05, 0) is 30.2 Å². The molecular formula is C21H24FN5O2. The van der Waals surface area contributed by atoms with Gasteiger partial charge in [0.15, 0.2) is 0 Å². The molecule has 2 aromatic rings. The van der Waals surface area contributed by atoms with Crippen molar-refractivity contribution >= 4 is 17.6 Å². The lowest BCUT2D eigenvalue weighted by atomic mass is 9.74. The van der Waals surface area contributed by atoms with Gasteiger partial charge in [-0.2, -0.15) is 0 Å². The summed E-state index contributed by atoms with van der Waals surface area (Å²) in [5, 5.41) is 3.17. The van der Waals surface area contributed by atoms with E-state index in [-0.39, 0.29) is 11.7 Å². The van der Waals surface area contributed by atoms with Gasteiger partial charge in [0.2, 0.25) is 5.91 Å². The lowest BCUT2D eigenvalue weighted by Gasteiger charge is -2.46. The number of piperazine rings is 1. The number of carbonyl (C=O) groups is 2. The van der Waals surface area contributed by atoms with E-state index < -0.39 is 11.3 Å². The minimum Gasteiger partial charge on any atom is -0.365 e. The first-order valence-electron chi connectivity index (χ1n) is 9.73. The molecular weight excluding hydrogens is 373 g/mol. The molecule has 2 fully saturated rings. The van der Waals surface area contributed by atoms with Crippen LogP contribution in [0, 0.1) is 11.2 Å². The minimum absolute atomic E-state index is 0.0512. The van der Waals surface area contributed by atoms with Gasteiger partial charge in [0, 0.05) is 45.5 Å². The van der Waals surface area contributed by atoms with Gasteiger partial charge < -0.3 is 20.9 Å². The monoisotopic (exact) mass is 397 g/mol. The molecule has 4 rings (SSSR count). The lowest BCUT2D eigenvalue weighted by Crippen LogP contribution is -2.65. The van der Waals surface area contributed by atoms with Crippen LogP contribution in [0.4, 0.5) is 10.2 Å². The molecule has 7 nitrogen and oxygen atoms in total. The predicted octanol–water partition coefficient (Wildman–Crippen LogP) is 0.800. The molecule has 1 aromatic heterocycles. The largest absolute Gasteiger partial charge is 0.365 e. The molecule has 3 N–H and O–H groups in total. The first kappa shape index (κ1) is 19.3. The molecule has 0 aliphatic carbocycles. The fourth-order valence-corrected chi connectivity index (χ4v) is 4.08. The number of carbonyl (C=O) groups excluding carboxylic acids is 2. The Morgan fingerprint density at radius 1 is 1.10 bits per heavy atom. The Kier molecular flexibility index (Phi) is 5.19. The highest BCUT2D eigenvalue weighted by Crippen LogP contribution is 2.32. The zero-order valence-corrected chi connectivity index (χ0v) is 16.1. The number of nitrogens with two attached hydrogens (primary N) is 1. The van der Waals surface area contributed by atoms with Crippen LogP contribution in [0.2, 0.25) is 0 Å². The van der Waals surface area contributed by atoms with Crippen LogP contribution in [0.25, 0.3) is 0 Å². The van der Waals surface area contributed by atoms with E-state index in [0.29, 0.717) is 62.6 Å². The van der Waals surface area contributed by atoms with E-state index in [4.69, 9.17) is 5.73 Å². The van der Waals surface area contributed by atoms with Crippen molar-refractivity contribution in [2.45, 2.75) is 6.42 Å². The first-order valence-corrected chi connectivity index (χ1v) is 9.73. The predicted molar refractivity (Wildman–Crippen MR) is 107 cm³/mol. The number of hydrogen-bond acceptors (Lipinski definition) is 5. The quantitative estimate of drug-likeness (QED) is 0.779. The van der Waals surface area contributed by atoms with E-state index in [1.54, 1.807) is 36.5 Å². The summed E-state index contributed by atoms with van der Waals surface area (Å²) in [6, 6.07) is 9.97. The number of benzene rings is 1. The summed E-state index contributed by atoms with van der Waals surface area (Å²) in [7, 11) is 0. The van der Waals surface area contributed by atoms with Gasteiger partial charge >= 0.3 is 0 Å². The number of primary amides is 1. The Labute approximate surface area is 168 Å². The molecule has 8 heteroatoms. The normalized spacial score (nSPS) is 18.2. The maximum Gasteiger partial charge on any atom is 0.252 e. The maximum atomic E-state index is 14.1. The van der Waals surface area contributed by atoms with Gasteiger partial charge in [0.25, 0.3) is 5.91 Å². The van der Waals surface area contributed by atoms with Crippen LogP contribution in [-0.4, -0.2) is 61.0 Å². The third kappa shape index (κ3) is 3.67. The molecule has 0 bridgehead atoms. The standard InChI is InChI=1S/C21H24FN5O2/c22-17-6-2-1-4-15(17)12-21(13-24-14-21)20(29)27-10-8-26(9-11-27)19-16(18(23)28)5-3-7-25-19/h1-7,24H,8-14H2,(H2,23,28). The van der Waals surface area contributed by atoms with Crippen molar-refractivity contribution in [1.82, 2.24) is 15.2 Å². The number of rotatable bonds is 5. The summed E-state index contributed by atoms with van der Waals surface area (Å²) in [6.45, 7) is 3.26. The second-order valence-corrected chi connectivity index (χ2v) is 7.67. The van der Waals surface area contributed by atoms with E-state index >= 15 is 0 Å². The van der Waals surface area contributed by atoms with E-state index in [1.165, 1.54) is 6.07 Å². The molecule has 2 aliphatic rings. The second kappa shape index (κ2) is 7.79. The lowest BCUT2D eigenvalue weighted by molar-refractivity contribution is -0.145. The highest BCUT2D eigenvalue weighted by molar-refractivity contribution is 5.97. The summed E-state index contributed by atoms with van der Waals surface area (Å²) in [5.74, 6) is -0.185. The zero-order chi connectivity index (χ0) is 20.4. The molecule has 3 heterocycles. The van der Waals surface area contributed by atoms with Gasteiger partial charge in [-0.25, -0.2) is 9.37 Å². The molecule has 152 valence electrons. The summed E-state index contributed by atoms with van der Waals surface area (Å²) in [6.07, 6.45) is 2.01. The Hall–Kier alpha value is -3.00. The number of nitrogens with one attached hydrogen (secondary N) is 1. The third-order valence-electron chi connectivity index (χ3n) is 5.79. The fourth-order valence-electron chi connectivity index (χ4n) is 4.08. The molecule has 2 aliphatic heterocycles. The summed E-state index contributed by atoms with van der Waals surface area (Å²) < 4.78 is 14.1. The van der Waals surface area contributed by atoms with E-state index in [2.05, 4.69) is 10.3 Å². The molecule has 2 amide bonds. The number of nitrogens with zero attached hydrogens (tertiary/aromatic N) is 3. The molecule has 29 heavy (non-hydrogen) atoms. The maximum absolute atomic E-state index is 14.1. The summed E-state index contributed by atoms with van der Waals surface area (Å²) in [5.41, 5.74) is 5.80. The van der Waals surface area contributed by atoms with Crippen LogP contribution in [-0.2, 0) is 11.2 Å². The van der Waals surface area contributed by atoms with Gasteiger partial charge in [-0.15, -0.1) is 0 Å². The smallest absolute Gasteiger partial charge is 0.252 e. The fraction of sp³-hybridized carbons (Fsp3) is 0.381. The minimum atomic E-state index is -0.603. The van der Waals surface area contributed by atoms with Gasteiger partial charge in [0.1, 0.15) is 11.6 Å². The van der Waals surface area contributed by atoms with Crippen molar-refractivity contribution in [1.29, 1.82) is 0 Å². The van der Waals surface area contributed by atoms with E-state index in [0.717, 1.165) is 0 Å². The number of aromatic nitrogens is 1. The molecule has 0 atom stereocenters. The first-order chi connectivity index (χ1) is 14.0. The van der Waals surface area contributed by atoms with Crippen LogP contribution < -0.4 is 16.0 Å². The Morgan fingerprint density at radius 2 is 1.83 bits per heavy atom. The van der Waals surface area contributed by atoms with Crippen molar-refractivity contribution in [3.8, 4) is 0 Å². The van der Waals surface area contributed by atoms with Crippen molar-refractivity contribution in [3.63, 3.8) is 0 Å². The Morgan fingerprint density at radius 3 is 2.45 bits per heavy atom. The van der Waals surface area contributed by atoms with Gasteiger partial charge in [-0.3, -0.25) is 9.59 Å². The summed E-state index contributed by atoms with van der Waals surface area (Å²) >= 11 is 0. The van der Waals surface area contributed by atoms with Gasteiger partial charge in [-0.1, -0.05) is 18.2 Å². The molecule has 0 saturated carbocycles. The summed E-state index contributed by atoms with van der Waals surface area (Å²) in [4.78, 5) is 33.1. The van der Waals surface area contributed by atoms with Crippen LogP contribution in [0.15, 0.2) is 42.6 Å². The SMILES string of the molecule is NC(=O)c1cccnc1N1CCN(C(=O)C2(Cc3ccccc3F)CNC2)CC1. The number of anilines is 1. The Balaban J connectivity index is 1.45. The molecule has 2 saturated heterocycles. The van der Waals surface area contributed by atoms with Crippen LogP contribution >= 0.6 is 0 Å². The van der Waals surface area contributed by atoms with Crippen molar-refractivity contribution in [3.05, 3.63) is 59.5 Å². The van der Waals surface area contributed by atoms with Crippen molar-refractivity contribution in [2.75, 3.05) is 44.2 Å². The highest BCUT2D eigenvalue weighted by atomic mass is 19.1. The zero-order valence-electron chi connectivity index (χ0n) is 16.1. The topological polar surface area (TPSA) is 91.6 Å². The third-order valence-corrected chi connectivity index (χ3v) is 5.79. The number of amides is 2. The van der Waals surface area contributed by atoms with Crippen LogP contribution in [0.5, 0.6) is 0 Å². The molecule has 1 aromatic carbocycles. The second-order valence-electron chi connectivity index (χ2n) is 7.67. The average molecular weight is 397 g/mol. The number of halogens is 1. The number of hydrogen-bond donors (Lipinski definition) is 2. The van der Waals surface area contributed by atoms with E-state index in [1.807, 2.05) is 9.80 Å². The highest BCUT2D eigenvalue weighted by Gasteiger charge is 2.47. The van der Waals surface area contributed by atoms with Crippen LogP contribution in [0.1, 0.15) is 15.9 Å². The van der Waals surface area contributed by atoms with Crippen LogP contribution in [0.3, 0.4) is 0 Å². The molecule has 0 unspecified atom stereocenters. The number of pyridine rings is 1. The van der Waals surface area contributed by atoms with Crippen molar-refractivity contribution in [2.24, 2.45) is 11.1 Å². The van der Waals surface area contributed by atoms with Crippen molar-refractivity contribution < 1.29 is 14.0 Å². The molecule has 0 spiro atoms.